The van der Waals surface area contributed by atoms with Crippen LogP contribution in [0.4, 0.5) is 8.78 Å². The van der Waals surface area contributed by atoms with Crippen LogP contribution in [-0.4, -0.2) is 6.54 Å². The van der Waals surface area contributed by atoms with E-state index in [1.807, 2.05) is 19.9 Å². The molecule has 0 aliphatic carbocycles. The summed E-state index contributed by atoms with van der Waals surface area (Å²) in [7, 11) is 0. The van der Waals surface area contributed by atoms with Crippen LogP contribution in [0.1, 0.15) is 25.5 Å². The number of hydrogen-bond donors (Lipinski definition) is 1. The highest BCUT2D eigenvalue weighted by molar-refractivity contribution is 7.99. The van der Waals surface area contributed by atoms with Crippen molar-refractivity contribution in [3.05, 3.63) is 59.7 Å². The summed E-state index contributed by atoms with van der Waals surface area (Å²) in [6.45, 7) is 4.77. The summed E-state index contributed by atoms with van der Waals surface area (Å²) in [6.07, 6.45) is 0. The monoisotopic (exact) mass is 293 g/mol. The zero-order valence-corrected chi connectivity index (χ0v) is 12.3. The molecule has 0 amide bonds. The van der Waals surface area contributed by atoms with E-state index >= 15 is 0 Å². The highest BCUT2D eigenvalue weighted by atomic mass is 32.2. The summed E-state index contributed by atoms with van der Waals surface area (Å²) < 4.78 is 27.8. The first kappa shape index (κ1) is 15.0. The Morgan fingerprint density at radius 1 is 1.05 bits per heavy atom. The molecular formula is C16H17F2NS. The highest BCUT2D eigenvalue weighted by Gasteiger charge is 2.16. The van der Waals surface area contributed by atoms with Gasteiger partial charge in [0.25, 0.3) is 0 Å². The van der Waals surface area contributed by atoms with Crippen LogP contribution in [0.5, 0.6) is 0 Å². The van der Waals surface area contributed by atoms with Gasteiger partial charge in [-0.05, 0) is 37.2 Å². The summed E-state index contributed by atoms with van der Waals surface area (Å²) >= 11 is 1.13. The summed E-state index contributed by atoms with van der Waals surface area (Å²) in [5.74, 6) is -0.650. The van der Waals surface area contributed by atoms with E-state index in [9.17, 15) is 8.78 Å². The second kappa shape index (κ2) is 6.86. The molecule has 0 heterocycles. The van der Waals surface area contributed by atoms with Crippen LogP contribution in [0.3, 0.4) is 0 Å². The van der Waals surface area contributed by atoms with Crippen LogP contribution in [0, 0.1) is 11.6 Å². The fourth-order valence-electron chi connectivity index (χ4n) is 2.03. The molecule has 0 saturated heterocycles. The number of benzene rings is 2. The predicted molar refractivity (Wildman–Crippen MR) is 79.0 cm³/mol. The van der Waals surface area contributed by atoms with Gasteiger partial charge in [-0.3, -0.25) is 0 Å². The lowest BCUT2D eigenvalue weighted by molar-refractivity contribution is 0.557. The maximum absolute atomic E-state index is 14.1. The zero-order chi connectivity index (χ0) is 14.5. The summed E-state index contributed by atoms with van der Waals surface area (Å²) in [5.41, 5.74) is 0.847. The van der Waals surface area contributed by atoms with Crippen molar-refractivity contribution in [3.63, 3.8) is 0 Å². The van der Waals surface area contributed by atoms with Crippen LogP contribution >= 0.6 is 11.8 Å². The Labute approximate surface area is 122 Å². The summed E-state index contributed by atoms with van der Waals surface area (Å²) in [6, 6.07) is 11.4. The molecule has 0 bridgehead atoms. The molecule has 2 aromatic rings. The molecule has 1 unspecified atom stereocenters. The van der Waals surface area contributed by atoms with Gasteiger partial charge in [-0.25, -0.2) is 8.78 Å². The molecule has 1 nitrogen and oxygen atoms in total. The van der Waals surface area contributed by atoms with Gasteiger partial charge in [0.2, 0.25) is 0 Å². The van der Waals surface area contributed by atoms with Gasteiger partial charge < -0.3 is 5.32 Å². The maximum Gasteiger partial charge on any atom is 0.137 e. The molecule has 0 aliphatic heterocycles. The molecule has 1 N–H and O–H groups in total. The van der Waals surface area contributed by atoms with Crippen LogP contribution in [-0.2, 0) is 0 Å². The topological polar surface area (TPSA) is 12.0 Å². The van der Waals surface area contributed by atoms with Crippen molar-refractivity contribution < 1.29 is 8.78 Å². The van der Waals surface area contributed by atoms with Gasteiger partial charge >= 0.3 is 0 Å². The molecule has 106 valence electrons. The fraction of sp³-hybridized carbons (Fsp3) is 0.250. The Balaban J connectivity index is 2.38. The fourth-order valence-corrected chi connectivity index (χ4v) is 3.09. The average molecular weight is 293 g/mol. The van der Waals surface area contributed by atoms with E-state index in [0.29, 0.717) is 9.79 Å². The number of rotatable bonds is 5. The summed E-state index contributed by atoms with van der Waals surface area (Å²) in [4.78, 5) is 0.911. The smallest absolute Gasteiger partial charge is 0.137 e. The van der Waals surface area contributed by atoms with Gasteiger partial charge in [0.05, 0.1) is 4.90 Å². The second-order valence-corrected chi connectivity index (χ2v) is 5.52. The Morgan fingerprint density at radius 3 is 2.45 bits per heavy atom. The number of halogens is 2. The average Bonchev–Trinajstić information content (AvgIpc) is 2.43. The van der Waals surface area contributed by atoms with E-state index in [-0.39, 0.29) is 17.7 Å². The van der Waals surface area contributed by atoms with Crippen molar-refractivity contribution in [2.45, 2.75) is 29.7 Å². The molecule has 0 aliphatic rings. The lowest BCUT2D eigenvalue weighted by Gasteiger charge is -2.17. The van der Waals surface area contributed by atoms with Crippen LogP contribution in [0.2, 0.25) is 0 Å². The normalized spacial score (nSPS) is 12.4. The SMILES string of the molecule is CCNC(C)c1cccc(F)c1Sc1ccccc1F. The zero-order valence-electron chi connectivity index (χ0n) is 11.5. The first-order valence-electron chi connectivity index (χ1n) is 6.57. The first-order chi connectivity index (χ1) is 9.63. The molecule has 2 rings (SSSR count). The lowest BCUT2D eigenvalue weighted by Crippen LogP contribution is -2.18. The van der Waals surface area contributed by atoms with Gasteiger partial charge in [0, 0.05) is 10.9 Å². The van der Waals surface area contributed by atoms with E-state index in [0.717, 1.165) is 23.9 Å². The van der Waals surface area contributed by atoms with E-state index < -0.39 is 0 Å². The summed E-state index contributed by atoms with van der Waals surface area (Å²) in [5, 5.41) is 3.26. The first-order valence-corrected chi connectivity index (χ1v) is 7.39. The maximum atomic E-state index is 14.1. The molecule has 0 radical (unpaired) electrons. The predicted octanol–water partition coefficient (Wildman–Crippen LogP) is 4.79. The van der Waals surface area contributed by atoms with Gasteiger partial charge in [-0.15, -0.1) is 0 Å². The van der Waals surface area contributed by atoms with Gasteiger partial charge in [-0.1, -0.05) is 43.0 Å². The molecule has 1 atom stereocenters. The third kappa shape index (κ3) is 3.38. The minimum Gasteiger partial charge on any atom is -0.310 e. The molecule has 2 aromatic carbocycles. The quantitative estimate of drug-likeness (QED) is 0.851. The minimum absolute atomic E-state index is 0.0185. The van der Waals surface area contributed by atoms with Crippen LogP contribution in [0.25, 0.3) is 0 Å². The molecule has 20 heavy (non-hydrogen) atoms. The third-order valence-electron chi connectivity index (χ3n) is 3.02. The number of nitrogens with one attached hydrogen (secondary N) is 1. The van der Waals surface area contributed by atoms with Crippen LogP contribution < -0.4 is 5.32 Å². The Morgan fingerprint density at radius 2 is 1.75 bits per heavy atom. The van der Waals surface area contributed by atoms with Crippen molar-refractivity contribution >= 4 is 11.8 Å². The Hall–Kier alpha value is -1.39. The van der Waals surface area contributed by atoms with E-state index in [1.165, 1.54) is 12.1 Å². The van der Waals surface area contributed by atoms with E-state index in [2.05, 4.69) is 5.32 Å². The largest absolute Gasteiger partial charge is 0.310 e. The van der Waals surface area contributed by atoms with Gasteiger partial charge in [0.15, 0.2) is 0 Å². The molecular weight excluding hydrogens is 276 g/mol. The van der Waals surface area contributed by atoms with Crippen molar-refractivity contribution in [3.8, 4) is 0 Å². The molecule has 0 fully saturated rings. The molecule has 4 heteroatoms. The standard InChI is InChI=1S/C16H17F2NS/c1-3-19-11(2)12-7-6-9-14(18)16(12)20-15-10-5-4-8-13(15)17/h4-11,19H,3H2,1-2H3. The van der Waals surface area contributed by atoms with E-state index in [4.69, 9.17) is 0 Å². The highest BCUT2D eigenvalue weighted by Crippen LogP contribution is 2.36. The third-order valence-corrected chi connectivity index (χ3v) is 4.21. The number of hydrogen-bond acceptors (Lipinski definition) is 2. The van der Waals surface area contributed by atoms with Crippen molar-refractivity contribution in [1.82, 2.24) is 5.32 Å². The Kier molecular flexibility index (Phi) is 5.15. The van der Waals surface area contributed by atoms with Crippen molar-refractivity contribution in [2.24, 2.45) is 0 Å². The molecule has 0 spiro atoms. The molecule has 0 aromatic heterocycles. The van der Waals surface area contributed by atoms with Gasteiger partial charge in [-0.2, -0.15) is 0 Å². The van der Waals surface area contributed by atoms with Crippen LogP contribution in [0.15, 0.2) is 52.3 Å². The lowest BCUT2D eigenvalue weighted by atomic mass is 10.1. The van der Waals surface area contributed by atoms with Crippen molar-refractivity contribution in [2.75, 3.05) is 6.54 Å². The van der Waals surface area contributed by atoms with Gasteiger partial charge in [0.1, 0.15) is 11.6 Å². The second-order valence-electron chi connectivity index (χ2n) is 4.47. The Bertz CT molecular complexity index is 586. The van der Waals surface area contributed by atoms with Crippen molar-refractivity contribution in [1.29, 1.82) is 0 Å². The molecule has 0 saturated carbocycles. The minimum atomic E-state index is -0.331. The van der Waals surface area contributed by atoms with E-state index in [1.54, 1.807) is 24.3 Å².